The van der Waals surface area contributed by atoms with Crippen molar-refractivity contribution in [3.8, 4) is 5.82 Å². The first-order chi connectivity index (χ1) is 14.1. The average Bonchev–Trinajstić information content (AvgIpc) is 3.16. The summed E-state index contributed by atoms with van der Waals surface area (Å²) in [5, 5.41) is 18.5. The molecule has 2 heterocycles. The molecule has 4 rings (SSSR count). The summed E-state index contributed by atoms with van der Waals surface area (Å²) in [5.74, 6) is 0.376. The molecule has 2 aromatic carbocycles. The molecule has 0 saturated carbocycles. The van der Waals surface area contributed by atoms with Gasteiger partial charge in [-0.2, -0.15) is 5.10 Å². The lowest BCUT2D eigenvalue weighted by atomic mass is 10.2. The quantitative estimate of drug-likeness (QED) is 0.538. The first kappa shape index (κ1) is 18.3. The maximum Gasteiger partial charge on any atom is 0.255 e. The van der Waals surface area contributed by atoms with Crippen LogP contribution in [0.2, 0.25) is 0 Å². The number of carbonyl (C=O) groups excluding carboxylic acids is 1. The van der Waals surface area contributed by atoms with Crippen molar-refractivity contribution in [2.75, 3.05) is 10.6 Å². The number of aryl methyl sites for hydroxylation is 1. The molecule has 0 bridgehead atoms. The topological polar surface area (TPSA) is 84.7 Å². The number of carbonyl (C=O) groups is 1. The second-order valence-electron chi connectivity index (χ2n) is 6.35. The molecule has 8 heteroatoms. The molecule has 0 saturated heterocycles. The molecule has 0 spiro atoms. The predicted molar refractivity (Wildman–Crippen MR) is 108 cm³/mol. The molecule has 0 unspecified atom stereocenters. The number of benzene rings is 2. The summed E-state index contributed by atoms with van der Waals surface area (Å²) in [7, 11) is 0. The lowest BCUT2D eigenvalue weighted by Gasteiger charge is -2.08. The minimum absolute atomic E-state index is 0.259. The third-order valence-electron chi connectivity index (χ3n) is 4.11. The van der Waals surface area contributed by atoms with Crippen molar-refractivity contribution < 1.29 is 9.18 Å². The molecule has 0 atom stereocenters. The van der Waals surface area contributed by atoms with Crippen molar-refractivity contribution in [1.82, 2.24) is 20.0 Å². The fourth-order valence-corrected chi connectivity index (χ4v) is 2.67. The van der Waals surface area contributed by atoms with Gasteiger partial charge >= 0.3 is 0 Å². The van der Waals surface area contributed by atoms with Gasteiger partial charge in [0.25, 0.3) is 5.91 Å². The molecule has 0 aliphatic rings. The summed E-state index contributed by atoms with van der Waals surface area (Å²) in [6.07, 6.45) is 1.82. The SMILES string of the molecule is Cc1ccn(-c2ccc(Nc3ccc(NC(=O)c4cccc(F)c4)cc3)nn2)n1. The van der Waals surface area contributed by atoms with Crippen molar-refractivity contribution in [2.45, 2.75) is 6.92 Å². The summed E-state index contributed by atoms with van der Waals surface area (Å²) >= 11 is 0. The Balaban J connectivity index is 1.40. The van der Waals surface area contributed by atoms with Crippen LogP contribution in [0.5, 0.6) is 0 Å². The smallest absolute Gasteiger partial charge is 0.255 e. The van der Waals surface area contributed by atoms with E-state index in [1.54, 1.807) is 41.1 Å². The summed E-state index contributed by atoms with van der Waals surface area (Å²) in [4.78, 5) is 12.2. The van der Waals surface area contributed by atoms with E-state index in [1.807, 2.05) is 25.3 Å². The van der Waals surface area contributed by atoms with Crippen LogP contribution in [0.1, 0.15) is 16.1 Å². The minimum atomic E-state index is -0.452. The second-order valence-corrected chi connectivity index (χ2v) is 6.35. The van der Waals surface area contributed by atoms with E-state index in [1.165, 1.54) is 18.2 Å². The van der Waals surface area contributed by atoms with E-state index in [9.17, 15) is 9.18 Å². The molecule has 0 fully saturated rings. The van der Waals surface area contributed by atoms with Crippen molar-refractivity contribution in [2.24, 2.45) is 0 Å². The molecule has 0 aliphatic heterocycles. The Labute approximate surface area is 166 Å². The van der Waals surface area contributed by atoms with E-state index in [0.717, 1.165) is 11.4 Å². The Hall–Kier alpha value is -4.07. The first-order valence-electron chi connectivity index (χ1n) is 8.87. The van der Waals surface area contributed by atoms with Gasteiger partial charge in [-0.25, -0.2) is 9.07 Å². The molecule has 1 amide bonds. The number of nitrogens with one attached hydrogen (secondary N) is 2. The largest absolute Gasteiger partial charge is 0.339 e. The van der Waals surface area contributed by atoms with E-state index >= 15 is 0 Å². The van der Waals surface area contributed by atoms with E-state index in [4.69, 9.17) is 0 Å². The Morgan fingerprint density at radius 2 is 1.76 bits per heavy atom. The number of aromatic nitrogens is 4. The zero-order chi connectivity index (χ0) is 20.2. The van der Waals surface area contributed by atoms with Crippen LogP contribution in [0.25, 0.3) is 5.82 Å². The van der Waals surface area contributed by atoms with Crippen LogP contribution in [-0.4, -0.2) is 25.9 Å². The lowest BCUT2D eigenvalue weighted by molar-refractivity contribution is 0.102. The summed E-state index contributed by atoms with van der Waals surface area (Å²) in [5.41, 5.74) is 2.54. The van der Waals surface area contributed by atoms with E-state index in [-0.39, 0.29) is 11.5 Å². The molecule has 7 nitrogen and oxygen atoms in total. The van der Waals surface area contributed by atoms with Crippen molar-refractivity contribution in [3.05, 3.63) is 90.0 Å². The zero-order valence-corrected chi connectivity index (χ0v) is 15.5. The number of hydrogen-bond donors (Lipinski definition) is 2. The second kappa shape index (κ2) is 7.89. The monoisotopic (exact) mass is 388 g/mol. The van der Waals surface area contributed by atoms with Crippen LogP contribution in [0, 0.1) is 12.7 Å². The third kappa shape index (κ3) is 4.44. The number of halogens is 1. The first-order valence-corrected chi connectivity index (χ1v) is 8.87. The van der Waals surface area contributed by atoms with Crippen LogP contribution >= 0.6 is 0 Å². The van der Waals surface area contributed by atoms with Crippen LogP contribution in [-0.2, 0) is 0 Å². The highest BCUT2D eigenvalue weighted by Crippen LogP contribution is 2.18. The zero-order valence-electron chi connectivity index (χ0n) is 15.5. The van der Waals surface area contributed by atoms with Gasteiger partial charge in [-0.1, -0.05) is 6.07 Å². The van der Waals surface area contributed by atoms with Crippen LogP contribution in [0.15, 0.2) is 72.9 Å². The van der Waals surface area contributed by atoms with Crippen molar-refractivity contribution in [1.29, 1.82) is 0 Å². The molecule has 2 N–H and O–H groups in total. The Morgan fingerprint density at radius 1 is 0.966 bits per heavy atom. The number of nitrogens with zero attached hydrogens (tertiary/aromatic N) is 4. The van der Waals surface area contributed by atoms with Crippen LogP contribution < -0.4 is 10.6 Å². The maximum atomic E-state index is 13.2. The van der Waals surface area contributed by atoms with Gasteiger partial charge in [0.1, 0.15) is 5.82 Å². The fraction of sp³-hybridized carbons (Fsp3) is 0.0476. The lowest BCUT2D eigenvalue weighted by Crippen LogP contribution is -2.11. The fourth-order valence-electron chi connectivity index (χ4n) is 2.67. The van der Waals surface area contributed by atoms with Gasteiger partial charge in [-0.3, -0.25) is 4.79 Å². The van der Waals surface area contributed by atoms with Gasteiger partial charge in [-0.05, 0) is 67.6 Å². The Morgan fingerprint density at radius 3 is 2.41 bits per heavy atom. The number of amides is 1. The van der Waals surface area contributed by atoms with Gasteiger partial charge in [0, 0.05) is 23.1 Å². The van der Waals surface area contributed by atoms with E-state index in [2.05, 4.69) is 25.9 Å². The van der Waals surface area contributed by atoms with Gasteiger partial charge in [-0.15, -0.1) is 10.2 Å². The van der Waals surface area contributed by atoms with Crippen molar-refractivity contribution in [3.63, 3.8) is 0 Å². The molecular weight excluding hydrogens is 371 g/mol. The average molecular weight is 388 g/mol. The highest BCUT2D eigenvalue weighted by Gasteiger charge is 2.07. The highest BCUT2D eigenvalue weighted by molar-refractivity contribution is 6.04. The van der Waals surface area contributed by atoms with Crippen molar-refractivity contribution >= 4 is 23.1 Å². The van der Waals surface area contributed by atoms with Crippen LogP contribution in [0.4, 0.5) is 21.6 Å². The Bertz CT molecular complexity index is 1140. The third-order valence-corrected chi connectivity index (χ3v) is 4.11. The predicted octanol–water partition coefficient (Wildman–Crippen LogP) is 4.11. The van der Waals surface area contributed by atoms with Gasteiger partial charge in [0.15, 0.2) is 11.6 Å². The standard InChI is InChI=1S/C21H17FN6O/c1-14-11-12-28(27-14)20-10-9-19(25-26-20)23-17-5-7-18(8-6-17)24-21(29)15-3-2-4-16(22)13-15/h2-13H,1H3,(H,23,25)(H,24,29). The minimum Gasteiger partial charge on any atom is -0.339 e. The number of rotatable bonds is 5. The molecule has 4 aromatic rings. The highest BCUT2D eigenvalue weighted by atomic mass is 19.1. The van der Waals surface area contributed by atoms with E-state index in [0.29, 0.717) is 17.3 Å². The molecular formula is C21H17FN6O. The molecule has 0 radical (unpaired) electrons. The van der Waals surface area contributed by atoms with Crippen LogP contribution in [0.3, 0.4) is 0 Å². The number of anilines is 3. The molecule has 0 aliphatic carbocycles. The van der Waals surface area contributed by atoms with E-state index < -0.39 is 5.82 Å². The van der Waals surface area contributed by atoms with Gasteiger partial charge < -0.3 is 10.6 Å². The summed E-state index contributed by atoms with van der Waals surface area (Å²) in [6, 6.07) is 18.1. The maximum absolute atomic E-state index is 13.2. The molecule has 2 aromatic heterocycles. The Kier molecular flexibility index (Phi) is 4.98. The van der Waals surface area contributed by atoms with Gasteiger partial charge in [0.05, 0.1) is 5.69 Å². The van der Waals surface area contributed by atoms with Gasteiger partial charge in [0.2, 0.25) is 0 Å². The number of hydrogen-bond acceptors (Lipinski definition) is 5. The molecule has 144 valence electrons. The normalized spacial score (nSPS) is 10.6. The molecule has 29 heavy (non-hydrogen) atoms. The summed E-state index contributed by atoms with van der Waals surface area (Å²) < 4.78 is 14.9. The summed E-state index contributed by atoms with van der Waals surface area (Å²) in [6.45, 7) is 1.91.